The quantitative estimate of drug-likeness (QED) is 0.571. The van der Waals surface area contributed by atoms with Crippen LogP contribution in [0.3, 0.4) is 0 Å². The van der Waals surface area contributed by atoms with Crippen LogP contribution in [0.5, 0.6) is 0 Å². The summed E-state index contributed by atoms with van der Waals surface area (Å²) in [5.74, 6) is 0. The first-order chi connectivity index (χ1) is 12.7. The molecule has 1 unspecified atom stereocenters. The topological polar surface area (TPSA) is 90.9 Å². The normalized spacial score (nSPS) is 13.0. The summed E-state index contributed by atoms with van der Waals surface area (Å²) in [4.78, 5) is 17.0. The van der Waals surface area contributed by atoms with Crippen LogP contribution in [-0.4, -0.2) is 26.7 Å². The molecule has 0 aliphatic heterocycles. The number of carbonyl (C=O) groups is 1. The summed E-state index contributed by atoms with van der Waals surface area (Å²) in [5, 5.41) is 2.55. The van der Waals surface area contributed by atoms with Crippen LogP contribution in [0.25, 0.3) is 0 Å². The van der Waals surface area contributed by atoms with Gasteiger partial charge in [-0.2, -0.15) is 8.42 Å². The summed E-state index contributed by atoms with van der Waals surface area (Å²) in [6.07, 6.45) is -1.49. The number of carbonyl (C=O) groups excluding carboxylic acids is 1. The maximum Gasteiger partial charge on any atom is 0.407 e. The van der Waals surface area contributed by atoms with Crippen molar-refractivity contribution in [3.8, 4) is 0 Å². The van der Waals surface area contributed by atoms with Crippen molar-refractivity contribution in [2.75, 3.05) is 6.54 Å². The van der Waals surface area contributed by atoms with Crippen LogP contribution >= 0.6 is 0 Å². The molecule has 0 heterocycles. The second-order valence-corrected chi connectivity index (χ2v) is 8.23. The fourth-order valence-electron chi connectivity index (χ4n) is 2.09. The van der Waals surface area contributed by atoms with Crippen molar-refractivity contribution < 1.29 is 27.2 Å². The molecule has 0 saturated carbocycles. The molecular weight excluding hydrogens is 370 g/mol. The van der Waals surface area contributed by atoms with E-state index in [1.807, 2.05) is 6.07 Å². The van der Waals surface area contributed by atoms with Crippen LogP contribution in [0, 0.1) is 0 Å². The zero-order valence-corrected chi connectivity index (χ0v) is 16.2. The van der Waals surface area contributed by atoms with Crippen molar-refractivity contribution in [1.29, 1.82) is 0 Å². The van der Waals surface area contributed by atoms with E-state index in [0.717, 1.165) is 0 Å². The smallest absolute Gasteiger partial charge is 0.407 e. The van der Waals surface area contributed by atoms with E-state index >= 15 is 0 Å². The second-order valence-electron chi connectivity index (χ2n) is 6.71. The van der Waals surface area contributed by atoms with Gasteiger partial charge in [0.15, 0.2) is 0 Å². The molecule has 146 valence electrons. The molecule has 2 rings (SSSR count). The predicted molar refractivity (Wildman–Crippen MR) is 99.2 cm³/mol. The number of nitrogens with one attached hydrogen (secondary N) is 1. The van der Waals surface area contributed by atoms with Crippen molar-refractivity contribution in [3.63, 3.8) is 0 Å². The minimum absolute atomic E-state index is 0.0306. The minimum Gasteiger partial charge on any atom is -0.444 e. The van der Waals surface area contributed by atoms with Crippen molar-refractivity contribution in [1.82, 2.24) is 5.32 Å². The largest absolute Gasteiger partial charge is 0.444 e. The Labute approximate surface area is 159 Å². The molecule has 0 aliphatic rings. The third kappa shape index (κ3) is 7.01. The first-order valence-corrected chi connectivity index (χ1v) is 9.75. The lowest BCUT2D eigenvalue weighted by Crippen LogP contribution is -2.35. The number of amides is 1. The van der Waals surface area contributed by atoms with Crippen LogP contribution in [0.4, 0.5) is 4.79 Å². The van der Waals surface area contributed by atoms with Crippen LogP contribution < -0.4 is 5.32 Å². The summed E-state index contributed by atoms with van der Waals surface area (Å²) >= 11 is 0. The van der Waals surface area contributed by atoms with Gasteiger partial charge in [-0.3, -0.25) is 0 Å². The van der Waals surface area contributed by atoms with Gasteiger partial charge in [0.05, 0.1) is 11.4 Å². The molecule has 0 saturated heterocycles. The van der Waals surface area contributed by atoms with E-state index in [2.05, 4.69) is 5.32 Å². The second kappa shape index (κ2) is 8.98. The lowest BCUT2D eigenvalue weighted by molar-refractivity contribution is -0.241. The molecule has 0 aromatic heterocycles. The Kier molecular flexibility index (Phi) is 6.95. The molecule has 27 heavy (non-hydrogen) atoms. The first kappa shape index (κ1) is 20.9. The molecule has 1 N–H and O–H groups in total. The number of alkyl carbamates (subject to hydrolysis) is 1. The van der Waals surface area contributed by atoms with Gasteiger partial charge in [-0.25, -0.2) is 9.68 Å². The molecule has 0 aliphatic carbocycles. The molecular formula is C19H23NO6S. The summed E-state index contributed by atoms with van der Waals surface area (Å²) in [7, 11) is -4.10. The molecule has 0 bridgehead atoms. The Balaban J connectivity index is 2.06. The number of hydrogen-bond donors (Lipinski definition) is 1. The fourth-order valence-corrected chi connectivity index (χ4v) is 2.86. The standard InChI is InChI=1S/C19H23NO6S/c1-19(2,3)24-18(21)20-14-17(15-10-6-4-7-11-15)25-26-27(22,23)16-12-8-5-9-13-16/h4-13,17H,14H2,1-3H3,(H,20,21). The minimum atomic E-state index is -4.10. The average Bonchev–Trinajstić information content (AvgIpc) is 2.62. The van der Waals surface area contributed by atoms with Crippen molar-refractivity contribution >= 4 is 16.2 Å². The lowest BCUT2D eigenvalue weighted by Gasteiger charge is -2.21. The Morgan fingerprint density at radius 1 is 1.00 bits per heavy atom. The maximum absolute atomic E-state index is 12.2. The van der Waals surface area contributed by atoms with Crippen molar-refractivity contribution in [2.24, 2.45) is 0 Å². The highest BCUT2D eigenvalue weighted by Crippen LogP contribution is 2.20. The number of benzene rings is 2. The highest BCUT2D eigenvalue weighted by Gasteiger charge is 2.23. The van der Waals surface area contributed by atoms with Crippen LogP contribution in [-0.2, 0) is 24.1 Å². The Hall–Kier alpha value is -2.42. The molecule has 2 aromatic rings. The van der Waals surface area contributed by atoms with Gasteiger partial charge in [0.2, 0.25) is 0 Å². The maximum atomic E-state index is 12.2. The van der Waals surface area contributed by atoms with Crippen molar-refractivity contribution in [2.45, 2.75) is 37.4 Å². The SMILES string of the molecule is CC(C)(C)OC(=O)NCC(OOS(=O)(=O)c1ccccc1)c1ccccc1. The predicted octanol–water partition coefficient (Wildman–Crippen LogP) is 3.59. The lowest BCUT2D eigenvalue weighted by atomic mass is 10.1. The highest BCUT2D eigenvalue weighted by atomic mass is 32.2. The van der Waals surface area contributed by atoms with E-state index < -0.39 is 27.9 Å². The van der Waals surface area contributed by atoms with Gasteiger partial charge < -0.3 is 10.1 Å². The molecule has 1 amide bonds. The molecule has 8 heteroatoms. The monoisotopic (exact) mass is 393 g/mol. The summed E-state index contributed by atoms with van der Waals surface area (Å²) in [6.45, 7) is 5.19. The number of hydrogen-bond acceptors (Lipinski definition) is 6. The molecule has 0 spiro atoms. The fraction of sp³-hybridized carbons (Fsp3) is 0.316. The van der Waals surface area contributed by atoms with Crippen molar-refractivity contribution in [3.05, 3.63) is 66.2 Å². The Morgan fingerprint density at radius 3 is 2.11 bits per heavy atom. The van der Waals surface area contributed by atoms with E-state index in [1.54, 1.807) is 63.2 Å². The van der Waals surface area contributed by atoms with Gasteiger partial charge in [-0.05, 0) is 38.5 Å². The molecule has 0 fully saturated rings. The summed E-state index contributed by atoms with van der Waals surface area (Å²) in [5.41, 5.74) is -0.0165. The van der Waals surface area contributed by atoms with Crippen LogP contribution in [0.2, 0.25) is 0 Å². The number of ether oxygens (including phenoxy) is 1. The molecule has 7 nitrogen and oxygen atoms in total. The van der Waals surface area contributed by atoms with E-state index in [4.69, 9.17) is 14.0 Å². The van der Waals surface area contributed by atoms with E-state index in [1.165, 1.54) is 12.1 Å². The first-order valence-electron chi connectivity index (χ1n) is 8.34. The van der Waals surface area contributed by atoms with E-state index in [-0.39, 0.29) is 11.4 Å². The van der Waals surface area contributed by atoms with Gasteiger partial charge in [-0.1, -0.05) is 48.5 Å². The van der Waals surface area contributed by atoms with Gasteiger partial charge in [0.1, 0.15) is 11.7 Å². The third-order valence-electron chi connectivity index (χ3n) is 3.28. The van der Waals surface area contributed by atoms with Gasteiger partial charge in [0.25, 0.3) is 0 Å². The van der Waals surface area contributed by atoms with Crippen LogP contribution in [0.15, 0.2) is 65.6 Å². The summed E-state index contributed by atoms with van der Waals surface area (Å²) in [6, 6.07) is 16.5. The zero-order valence-electron chi connectivity index (χ0n) is 15.4. The summed E-state index contributed by atoms with van der Waals surface area (Å²) < 4.78 is 34.4. The third-order valence-corrected chi connectivity index (χ3v) is 4.39. The van der Waals surface area contributed by atoms with Gasteiger partial charge >= 0.3 is 16.2 Å². The van der Waals surface area contributed by atoms with E-state index in [0.29, 0.717) is 5.56 Å². The number of rotatable bonds is 7. The Bertz CT molecular complexity index is 832. The molecule has 1 atom stereocenters. The highest BCUT2D eigenvalue weighted by molar-refractivity contribution is 7.86. The van der Waals surface area contributed by atoms with Gasteiger partial charge in [-0.15, -0.1) is 4.33 Å². The average molecular weight is 393 g/mol. The zero-order chi connectivity index (χ0) is 19.9. The Morgan fingerprint density at radius 2 is 1.56 bits per heavy atom. The molecule has 0 radical (unpaired) electrons. The van der Waals surface area contributed by atoms with Gasteiger partial charge in [0, 0.05) is 0 Å². The molecule has 2 aromatic carbocycles. The van der Waals surface area contributed by atoms with E-state index in [9.17, 15) is 13.2 Å². The van der Waals surface area contributed by atoms with Crippen LogP contribution in [0.1, 0.15) is 32.4 Å².